The Morgan fingerprint density at radius 3 is 1.42 bits per heavy atom. The van der Waals surface area contributed by atoms with E-state index in [1.54, 1.807) is 0 Å². The van der Waals surface area contributed by atoms with Gasteiger partial charge in [-0.25, -0.2) is 0 Å². The molecule has 2 fully saturated rings. The summed E-state index contributed by atoms with van der Waals surface area (Å²) < 4.78 is 33.2. The zero-order valence-electron chi connectivity index (χ0n) is 31.5. The van der Waals surface area contributed by atoms with Crippen molar-refractivity contribution in [2.24, 2.45) is 0 Å². The van der Waals surface area contributed by atoms with Gasteiger partial charge in [0.1, 0.15) is 31.0 Å². The number of hydrogen-bond acceptors (Lipinski definition) is 17. The lowest BCUT2D eigenvalue weighted by atomic mass is 9.88. The molecule has 0 aliphatic carbocycles. The maximum Gasteiger partial charge on any atom is 0.409 e. The number of aliphatic hydroxyl groups is 8. The molecular weight excluding hydrogens is 704 g/mol. The lowest BCUT2D eigenvalue weighted by molar-refractivity contribution is -0.587. The monoisotopic (exact) mass is 768 g/mol. The summed E-state index contributed by atoms with van der Waals surface area (Å²) in [6, 6.07) is 0. The van der Waals surface area contributed by atoms with Crippen LogP contribution in [0, 0.1) is 0 Å². The fourth-order valence-electron chi connectivity index (χ4n) is 6.36. The number of carbonyl (C=O) groups is 3. The van der Waals surface area contributed by atoms with Crippen molar-refractivity contribution < 1.29 is 83.7 Å². The topological polar surface area (TPSA) is 268 Å². The molecule has 0 radical (unpaired) electrons. The Morgan fingerprint density at radius 2 is 1.00 bits per heavy atom. The molecule has 0 aromatic carbocycles. The normalized spacial score (nSPS) is 32.8. The van der Waals surface area contributed by atoms with Gasteiger partial charge in [0.15, 0.2) is 6.10 Å². The Balaban J connectivity index is 2.75. The van der Waals surface area contributed by atoms with E-state index in [9.17, 15) is 55.2 Å². The van der Waals surface area contributed by atoms with Gasteiger partial charge in [0, 0.05) is 19.3 Å². The van der Waals surface area contributed by atoms with Gasteiger partial charge in [0.25, 0.3) is 0 Å². The van der Waals surface area contributed by atoms with Crippen molar-refractivity contribution in [2.75, 3.05) is 19.8 Å². The number of carbonyl (C=O) groups excluding carboxylic acids is 3. The third-order valence-electron chi connectivity index (χ3n) is 9.59. The van der Waals surface area contributed by atoms with E-state index >= 15 is 0 Å². The van der Waals surface area contributed by atoms with Gasteiger partial charge in [-0.1, -0.05) is 97.8 Å². The molecule has 17 heteroatoms. The van der Waals surface area contributed by atoms with Crippen LogP contribution in [0.4, 0.5) is 0 Å². The van der Waals surface area contributed by atoms with Crippen LogP contribution in [0.5, 0.6) is 0 Å². The molecule has 1 unspecified atom stereocenters. The number of hydrogen-bond donors (Lipinski definition) is 8. The molecular formula is C36H64O17. The van der Waals surface area contributed by atoms with Crippen LogP contribution in [0.3, 0.4) is 0 Å². The predicted molar refractivity (Wildman–Crippen MR) is 184 cm³/mol. The second-order valence-corrected chi connectivity index (χ2v) is 13.9. The smallest absolute Gasteiger partial charge is 0.409 e. The van der Waals surface area contributed by atoms with Gasteiger partial charge in [-0.15, -0.1) is 0 Å². The maximum absolute atomic E-state index is 13.6. The maximum atomic E-state index is 13.6. The lowest BCUT2D eigenvalue weighted by Gasteiger charge is -2.56. The molecule has 0 bridgehead atoms. The van der Waals surface area contributed by atoms with Gasteiger partial charge < -0.3 is 64.5 Å². The Morgan fingerprint density at radius 1 is 0.566 bits per heavy atom. The summed E-state index contributed by atoms with van der Waals surface area (Å²) in [5, 5.41) is 88.4. The average molecular weight is 769 g/mol. The van der Waals surface area contributed by atoms with Crippen LogP contribution < -0.4 is 0 Å². The van der Waals surface area contributed by atoms with Crippen LogP contribution >= 0.6 is 0 Å². The molecule has 9 atom stereocenters. The second-order valence-electron chi connectivity index (χ2n) is 13.9. The van der Waals surface area contributed by atoms with Crippen LogP contribution in [-0.2, 0) is 42.8 Å². The van der Waals surface area contributed by atoms with E-state index < -0.39 is 98.0 Å². The van der Waals surface area contributed by atoms with Gasteiger partial charge in [-0.05, 0) is 19.3 Å². The van der Waals surface area contributed by atoms with E-state index in [4.69, 9.17) is 28.4 Å². The highest BCUT2D eigenvalue weighted by Gasteiger charge is 2.83. The Hall–Kier alpha value is -2.03. The van der Waals surface area contributed by atoms with Crippen LogP contribution in [0.2, 0.25) is 0 Å². The molecule has 2 saturated heterocycles. The largest absolute Gasteiger partial charge is 0.422 e. The molecule has 0 aromatic heterocycles. The van der Waals surface area contributed by atoms with Crippen molar-refractivity contribution in [3.8, 4) is 0 Å². The summed E-state index contributed by atoms with van der Waals surface area (Å²) in [5.74, 6) is -18.4. The van der Waals surface area contributed by atoms with Crippen LogP contribution in [0.25, 0.3) is 0 Å². The zero-order chi connectivity index (χ0) is 39.7. The summed E-state index contributed by atoms with van der Waals surface area (Å²) >= 11 is 0. The number of rotatable bonds is 26. The standard InChI is InChI=1S/C36H64O17/c1-4-7-10-13-16-19-27(40)50-34(46)31(44)26(23-38)49-36(52-29(42)21-18-15-12-9-6-3,35(34,47)51-28(41)20-17-14-11-8-5-2)53-33(24-39)32(45)30(43)25(22-37)48-33/h25-26,30-32,37-39,43-47H,4-24H2,1-3H3/t25-,26-,30-,31-,32+,33?,34-,35+,36+/m1/s1. The van der Waals surface area contributed by atoms with Crippen LogP contribution in [0.1, 0.15) is 136 Å². The minimum Gasteiger partial charge on any atom is -0.422 e. The zero-order valence-corrected chi connectivity index (χ0v) is 31.5. The average Bonchev–Trinajstić information content (AvgIpc) is 3.37. The first-order valence-electron chi connectivity index (χ1n) is 19.2. The van der Waals surface area contributed by atoms with Gasteiger partial charge in [0.05, 0.1) is 13.2 Å². The van der Waals surface area contributed by atoms with E-state index in [0.29, 0.717) is 19.3 Å². The summed E-state index contributed by atoms with van der Waals surface area (Å²) in [7, 11) is 0. The Kier molecular flexibility index (Phi) is 20.0. The molecule has 2 rings (SSSR count). The molecule has 0 amide bonds. The minimum atomic E-state index is -4.07. The van der Waals surface area contributed by atoms with Gasteiger partial charge in [-0.3, -0.25) is 19.1 Å². The summed E-state index contributed by atoms with van der Waals surface area (Å²) in [5.41, 5.74) is 0. The van der Waals surface area contributed by atoms with Crippen molar-refractivity contribution in [1.29, 1.82) is 0 Å². The predicted octanol–water partition coefficient (Wildman–Crippen LogP) is 1.30. The minimum absolute atomic E-state index is 0.214. The fourth-order valence-corrected chi connectivity index (χ4v) is 6.36. The molecule has 8 N–H and O–H groups in total. The molecule has 53 heavy (non-hydrogen) atoms. The van der Waals surface area contributed by atoms with Crippen molar-refractivity contribution in [3.05, 3.63) is 0 Å². The molecule has 2 aliphatic rings. The molecule has 310 valence electrons. The Labute approximate surface area is 311 Å². The van der Waals surface area contributed by atoms with E-state index in [2.05, 4.69) is 0 Å². The number of esters is 3. The fraction of sp³-hybridized carbons (Fsp3) is 0.917. The second kappa shape index (κ2) is 22.5. The number of aliphatic hydroxyl groups excluding tert-OH is 6. The van der Waals surface area contributed by atoms with Crippen molar-refractivity contribution in [2.45, 2.75) is 190 Å². The molecule has 17 nitrogen and oxygen atoms in total. The van der Waals surface area contributed by atoms with E-state index in [1.165, 1.54) is 0 Å². The van der Waals surface area contributed by atoms with Gasteiger partial charge in [0.2, 0.25) is 5.79 Å². The van der Waals surface area contributed by atoms with Gasteiger partial charge in [-0.2, -0.15) is 0 Å². The lowest BCUT2D eigenvalue weighted by Crippen LogP contribution is -2.84. The molecule has 0 spiro atoms. The first-order valence-corrected chi connectivity index (χ1v) is 19.2. The SMILES string of the molecule is CCCCCCCC(=O)O[C@@]1(OC2(CO)O[C@H](CO)[C@@H](O)[C@@H]2O)O[C@H](CO)[C@@H](O)[C@@](O)(OC(=O)CCCCCCC)[C@]1(O)OC(=O)CCCCCCC. The van der Waals surface area contributed by atoms with E-state index in [1.807, 2.05) is 20.8 Å². The van der Waals surface area contributed by atoms with Crippen LogP contribution in [0.15, 0.2) is 0 Å². The number of ether oxygens (including phenoxy) is 6. The molecule has 2 aliphatic heterocycles. The highest BCUT2D eigenvalue weighted by atomic mass is 17.0. The molecule has 0 saturated carbocycles. The summed E-state index contributed by atoms with van der Waals surface area (Å²) in [6.45, 7) is 2.40. The third kappa shape index (κ3) is 11.7. The summed E-state index contributed by atoms with van der Waals surface area (Å²) in [4.78, 5) is 40.3. The summed E-state index contributed by atoms with van der Waals surface area (Å²) in [6.07, 6.45) is -1.83. The molecule has 0 aromatic rings. The number of unbranched alkanes of at least 4 members (excludes halogenated alkanes) is 12. The quantitative estimate of drug-likeness (QED) is 0.0267. The van der Waals surface area contributed by atoms with Crippen molar-refractivity contribution in [3.63, 3.8) is 0 Å². The Bertz CT molecular complexity index is 1110. The highest BCUT2D eigenvalue weighted by molar-refractivity contribution is 5.72. The van der Waals surface area contributed by atoms with Crippen molar-refractivity contribution >= 4 is 17.9 Å². The first-order chi connectivity index (χ1) is 25.2. The van der Waals surface area contributed by atoms with E-state index in [0.717, 1.165) is 57.8 Å². The highest BCUT2D eigenvalue weighted by Crippen LogP contribution is 2.51. The third-order valence-corrected chi connectivity index (χ3v) is 9.59. The van der Waals surface area contributed by atoms with Gasteiger partial charge >= 0.3 is 35.5 Å². The van der Waals surface area contributed by atoms with Crippen molar-refractivity contribution in [1.82, 2.24) is 0 Å². The first kappa shape index (κ1) is 47.1. The molecule has 2 heterocycles. The van der Waals surface area contributed by atoms with Crippen LogP contribution in [-0.4, -0.2) is 132 Å². The van der Waals surface area contributed by atoms with E-state index in [-0.39, 0.29) is 32.1 Å².